The number of aromatic nitrogens is 1. The summed E-state index contributed by atoms with van der Waals surface area (Å²) in [5.74, 6) is -1.08. The van der Waals surface area contributed by atoms with Gasteiger partial charge in [0.2, 0.25) is 0 Å². The van der Waals surface area contributed by atoms with Gasteiger partial charge >= 0.3 is 12.1 Å². The van der Waals surface area contributed by atoms with Crippen LogP contribution in [0.25, 0.3) is 10.9 Å². The number of hydrogen-bond acceptors (Lipinski definition) is 4. The maximum Gasteiger partial charge on any atom is 0.422 e. The lowest BCUT2D eigenvalue weighted by molar-refractivity contribution is -0.187. The summed E-state index contributed by atoms with van der Waals surface area (Å²) >= 11 is 0. The van der Waals surface area contributed by atoms with Gasteiger partial charge in [-0.05, 0) is 24.1 Å². The Morgan fingerprint density at radius 2 is 2.10 bits per heavy atom. The summed E-state index contributed by atoms with van der Waals surface area (Å²) in [6, 6.07) is 7.83. The molecule has 0 radical (unpaired) electrons. The fourth-order valence-electron chi connectivity index (χ4n) is 1.84. The molecule has 0 aliphatic heterocycles. The number of carbonyl (C=O) groups is 1. The lowest BCUT2D eigenvalue weighted by Crippen LogP contribution is -2.36. The second-order valence-corrected chi connectivity index (χ2v) is 4.56. The molecule has 112 valence electrons. The minimum absolute atomic E-state index is 0.0865. The summed E-state index contributed by atoms with van der Waals surface area (Å²) in [5, 5.41) is 0.925. The predicted octanol–water partition coefficient (Wildman–Crippen LogP) is 2.21. The third kappa shape index (κ3) is 4.42. The zero-order valence-electron chi connectivity index (χ0n) is 10.9. The smallest absolute Gasteiger partial charge is 0.422 e. The number of hydrogen-bond donors (Lipinski definition) is 1. The number of nitrogens with zero attached hydrogens (tertiary/aromatic N) is 1. The highest BCUT2D eigenvalue weighted by atomic mass is 19.4. The van der Waals surface area contributed by atoms with E-state index in [4.69, 9.17) is 5.73 Å². The Bertz CT molecular complexity index is 643. The van der Waals surface area contributed by atoms with Gasteiger partial charge in [-0.25, -0.2) is 0 Å². The van der Waals surface area contributed by atoms with Gasteiger partial charge in [-0.3, -0.25) is 9.78 Å². The molecule has 4 nitrogen and oxygen atoms in total. The molecule has 7 heteroatoms. The number of benzene rings is 1. The van der Waals surface area contributed by atoms with Crippen LogP contribution in [0.2, 0.25) is 0 Å². The third-order valence-electron chi connectivity index (χ3n) is 2.81. The van der Waals surface area contributed by atoms with E-state index in [9.17, 15) is 18.0 Å². The molecule has 0 amide bonds. The van der Waals surface area contributed by atoms with E-state index in [1.807, 2.05) is 12.1 Å². The van der Waals surface area contributed by atoms with Crippen LogP contribution in [0.3, 0.4) is 0 Å². The Balaban J connectivity index is 2.00. The molecule has 2 N–H and O–H groups in total. The molecule has 0 fully saturated rings. The number of alkyl halides is 3. The number of rotatable bonds is 4. The molecule has 1 atom stereocenters. The van der Waals surface area contributed by atoms with Crippen LogP contribution >= 0.6 is 0 Å². The first-order valence-electron chi connectivity index (χ1n) is 6.18. The van der Waals surface area contributed by atoms with E-state index >= 15 is 0 Å². The maximum absolute atomic E-state index is 12.0. The molecular formula is C14H13F3N2O2. The van der Waals surface area contributed by atoms with Crippen molar-refractivity contribution in [3.63, 3.8) is 0 Å². The van der Waals surface area contributed by atoms with E-state index in [1.54, 1.807) is 24.4 Å². The average Bonchev–Trinajstić information content (AvgIpc) is 2.43. The molecule has 0 unspecified atom stereocenters. The van der Waals surface area contributed by atoms with Crippen molar-refractivity contribution in [1.29, 1.82) is 0 Å². The summed E-state index contributed by atoms with van der Waals surface area (Å²) in [5.41, 5.74) is 6.99. The molecule has 1 aromatic heterocycles. The molecule has 0 spiro atoms. The minimum Gasteiger partial charge on any atom is -0.455 e. The molecule has 0 bridgehead atoms. The molecular weight excluding hydrogens is 285 g/mol. The number of ether oxygens (including phenoxy) is 1. The summed E-state index contributed by atoms with van der Waals surface area (Å²) in [7, 11) is 0. The van der Waals surface area contributed by atoms with Gasteiger partial charge in [-0.2, -0.15) is 13.2 Å². The van der Waals surface area contributed by atoms with Crippen LogP contribution in [-0.4, -0.2) is 29.8 Å². The van der Waals surface area contributed by atoms with Gasteiger partial charge in [0.25, 0.3) is 0 Å². The van der Waals surface area contributed by atoms with Gasteiger partial charge in [-0.15, -0.1) is 0 Å². The molecule has 2 rings (SSSR count). The first-order chi connectivity index (χ1) is 9.85. The molecule has 1 heterocycles. The van der Waals surface area contributed by atoms with Crippen LogP contribution in [-0.2, 0) is 16.0 Å². The lowest BCUT2D eigenvalue weighted by Gasteiger charge is -2.13. The molecule has 0 saturated carbocycles. The minimum atomic E-state index is -4.55. The van der Waals surface area contributed by atoms with Crippen molar-refractivity contribution in [2.45, 2.75) is 18.6 Å². The lowest BCUT2D eigenvalue weighted by atomic mass is 10.0. The molecule has 0 saturated heterocycles. The van der Waals surface area contributed by atoms with Crippen LogP contribution < -0.4 is 5.73 Å². The first-order valence-corrected chi connectivity index (χ1v) is 6.18. The number of esters is 1. The summed E-state index contributed by atoms with van der Waals surface area (Å²) in [4.78, 5) is 15.6. The van der Waals surface area contributed by atoms with Crippen LogP contribution in [0.4, 0.5) is 13.2 Å². The normalized spacial score (nSPS) is 13.1. The second-order valence-electron chi connectivity index (χ2n) is 4.56. The van der Waals surface area contributed by atoms with E-state index in [-0.39, 0.29) is 6.42 Å². The third-order valence-corrected chi connectivity index (χ3v) is 2.81. The second kappa shape index (κ2) is 6.09. The van der Waals surface area contributed by atoms with E-state index in [2.05, 4.69) is 9.72 Å². The van der Waals surface area contributed by atoms with Crippen LogP contribution in [0.1, 0.15) is 5.56 Å². The number of fused-ring (bicyclic) bond motifs is 1. The first kappa shape index (κ1) is 15.2. The van der Waals surface area contributed by atoms with Gasteiger partial charge in [0.1, 0.15) is 6.04 Å². The van der Waals surface area contributed by atoms with E-state index in [0.717, 1.165) is 10.9 Å². The average molecular weight is 298 g/mol. The highest BCUT2D eigenvalue weighted by Crippen LogP contribution is 2.16. The Kier molecular flexibility index (Phi) is 4.42. The number of carbonyl (C=O) groups excluding carboxylic acids is 1. The molecule has 0 aliphatic rings. The van der Waals surface area contributed by atoms with Crippen molar-refractivity contribution in [1.82, 2.24) is 4.98 Å². The van der Waals surface area contributed by atoms with Crippen molar-refractivity contribution in [2.75, 3.05) is 6.61 Å². The molecule has 1 aromatic carbocycles. The zero-order valence-corrected chi connectivity index (χ0v) is 10.9. The van der Waals surface area contributed by atoms with E-state index in [1.165, 1.54) is 0 Å². The number of pyridine rings is 1. The topological polar surface area (TPSA) is 65.2 Å². The Labute approximate surface area is 118 Å². The largest absolute Gasteiger partial charge is 0.455 e. The van der Waals surface area contributed by atoms with E-state index < -0.39 is 24.8 Å². The van der Waals surface area contributed by atoms with Crippen molar-refractivity contribution in [2.24, 2.45) is 5.73 Å². The van der Waals surface area contributed by atoms with Crippen LogP contribution in [0, 0.1) is 0 Å². The Morgan fingerprint density at radius 3 is 2.81 bits per heavy atom. The quantitative estimate of drug-likeness (QED) is 0.879. The maximum atomic E-state index is 12.0. The van der Waals surface area contributed by atoms with Crippen LogP contribution in [0.15, 0.2) is 36.5 Å². The fourth-order valence-corrected chi connectivity index (χ4v) is 1.84. The number of halogens is 3. The predicted molar refractivity (Wildman–Crippen MR) is 70.4 cm³/mol. The summed E-state index contributed by atoms with van der Waals surface area (Å²) in [6.45, 7) is -1.63. The van der Waals surface area contributed by atoms with Gasteiger partial charge in [0.05, 0.1) is 5.52 Å². The Hall–Kier alpha value is -2.15. The highest BCUT2D eigenvalue weighted by Gasteiger charge is 2.30. The molecule has 0 aliphatic carbocycles. The van der Waals surface area contributed by atoms with Gasteiger partial charge in [-0.1, -0.05) is 18.2 Å². The summed E-state index contributed by atoms with van der Waals surface area (Å²) in [6.07, 6.45) is -2.84. The fraction of sp³-hybridized carbons (Fsp3) is 0.286. The van der Waals surface area contributed by atoms with Crippen molar-refractivity contribution < 1.29 is 22.7 Å². The van der Waals surface area contributed by atoms with Crippen LogP contribution in [0.5, 0.6) is 0 Å². The van der Waals surface area contributed by atoms with Crippen molar-refractivity contribution in [3.8, 4) is 0 Å². The Morgan fingerprint density at radius 1 is 1.33 bits per heavy atom. The monoisotopic (exact) mass is 298 g/mol. The van der Waals surface area contributed by atoms with Crippen molar-refractivity contribution >= 4 is 16.9 Å². The highest BCUT2D eigenvalue weighted by molar-refractivity contribution is 5.80. The number of nitrogens with two attached hydrogens (primary N) is 1. The van der Waals surface area contributed by atoms with Gasteiger partial charge in [0, 0.05) is 11.6 Å². The SMILES string of the molecule is N[C@@H](Cc1ccc2cccnc2c1)C(=O)OCC(F)(F)F. The molecule has 21 heavy (non-hydrogen) atoms. The zero-order chi connectivity index (χ0) is 15.5. The summed E-state index contributed by atoms with van der Waals surface area (Å²) < 4.78 is 40.0. The van der Waals surface area contributed by atoms with Gasteiger partial charge < -0.3 is 10.5 Å². The van der Waals surface area contributed by atoms with Crippen molar-refractivity contribution in [3.05, 3.63) is 42.1 Å². The van der Waals surface area contributed by atoms with E-state index in [0.29, 0.717) is 5.56 Å². The van der Waals surface area contributed by atoms with Gasteiger partial charge in [0.15, 0.2) is 6.61 Å². The standard InChI is InChI=1S/C14H13F3N2O2/c15-14(16,17)8-21-13(20)11(18)6-9-3-4-10-2-1-5-19-12(10)7-9/h1-5,7,11H,6,8,18H2/t11-/m0/s1. The molecule has 2 aromatic rings.